The van der Waals surface area contributed by atoms with Crippen molar-refractivity contribution in [1.29, 1.82) is 0 Å². The first-order chi connectivity index (χ1) is 7.23. The van der Waals surface area contributed by atoms with Crippen LogP contribution in [0.5, 0.6) is 5.75 Å². The molecule has 0 aliphatic rings. The number of aromatic hydroxyl groups is 1. The Hall–Kier alpha value is -0.752. The molecule has 0 saturated heterocycles. The second-order valence-corrected chi connectivity index (χ2v) is 7.11. The van der Waals surface area contributed by atoms with Crippen LogP contribution in [-0.4, -0.2) is 33.4 Å². The van der Waals surface area contributed by atoms with E-state index in [2.05, 4.69) is 21.2 Å². The molecule has 0 aliphatic carbocycles. The van der Waals surface area contributed by atoms with Gasteiger partial charge in [0.25, 0.3) is 0 Å². The number of hydrogen-bond acceptors (Lipinski definition) is 3. The van der Waals surface area contributed by atoms with Gasteiger partial charge in [-0.1, -0.05) is 0 Å². The molecule has 8 heteroatoms. The fraction of sp³-hybridized carbons (Fsp3) is 0.125. The maximum atomic E-state index is 11.1. The third kappa shape index (κ3) is 2.88. The molecule has 1 aromatic carbocycles. The number of halogens is 1. The van der Waals surface area contributed by atoms with Gasteiger partial charge in [0.15, 0.2) is 0 Å². The molecule has 0 aliphatic heterocycles. The van der Waals surface area contributed by atoms with Gasteiger partial charge >= 0.3 is 102 Å². The molecule has 0 fully saturated rings. The third-order valence-electron chi connectivity index (χ3n) is 1.72. The van der Waals surface area contributed by atoms with E-state index >= 15 is 0 Å². The summed E-state index contributed by atoms with van der Waals surface area (Å²) in [4.78, 5) is 10.8. The summed E-state index contributed by atoms with van der Waals surface area (Å²) >= 11 is -2.20. The zero-order chi connectivity index (χ0) is 12.5. The summed E-state index contributed by atoms with van der Waals surface area (Å²) in [6.07, 6.45) is 0. The topological polar surface area (TPSA) is 107 Å². The van der Waals surface area contributed by atoms with E-state index in [1.165, 1.54) is 13.0 Å². The van der Waals surface area contributed by atoms with Crippen molar-refractivity contribution in [3.05, 3.63) is 16.6 Å². The number of nitrogens with one attached hydrogen (secondary N) is 1. The van der Waals surface area contributed by atoms with Crippen molar-refractivity contribution in [3.63, 3.8) is 0 Å². The van der Waals surface area contributed by atoms with Crippen LogP contribution in [0.25, 0.3) is 0 Å². The molecular weight excluding hydrogens is 345 g/mol. The Balaban J connectivity index is 3.29. The average molecular weight is 354 g/mol. The van der Waals surface area contributed by atoms with Crippen molar-refractivity contribution < 1.29 is 21.8 Å². The Morgan fingerprint density at radius 2 is 2.00 bits per heavy atom. The van der Waals surface area contributed by atoms with E-state index < -0.39 is 25.8 Å². The van der Waals surface area contributed by atoms with Crippen LogP contribution >= 0.6 is 15.9 Å². The Morgan fingerprint density at radius 1 is 1.44 bits per heavy atom. The number of phenols is 1. The predicted molar refractivity (Wildman–Crippen MR) is 60.6 cm³/mol. The van der Waals surface area contributed by atoms with Crippen molar-refractivity contribution in [1.82, 2.24) is 0 Å². The Kier molecular flexibility index (Phi) is 3.85. The molecule has 0 aromatic heterocycles. The Morgan fingerprint density at radius 3 is 2.44 bits per heavy atom. The standard InChI is InChI=1S/C8H9AsBrNO5/c1-4(12)11-6-3-2-5(9(14,15)16)7(10)8(6)13/h2-3,13H,1H3,(H,11,12)(H2,14,15,16). The van der Waals surface area contributed by atoms with Crippen LogP contribution in [0.1, 0.15) is 6.92 Å². The molecule has 0 atom stereocenters. The number of hydrogen-bond donors (Lipinski definition) is 4. The van der Waals surface area contributed by atoms with E-state index in [0.29, 0.717) is 0 Å². The van der Waals surface area contributed by atoms with Crippen LogP contribution in [0.4, 0.5) is 5.69 Å². The normalized spacial score (nSPS) is 11.2. The van der Waals surface area contributed by atoms with Gasteiger partial charge in [-0.25, -0.2) is 0 Å². The first-order valence-electron chi connectivity index (χ1n) is 4.08. The maximum absolute atomic E-state index is 11.1. The van der Waals surface area contributed by atoms with E-state index in [4.69, 9.17) is 8.19 Å². The number of benzene rings is 1. The van der Waals surface area contributed by atoms with Gasteiger partial charge in [0, 0.05) is 0 Å². The third-order valence-corrected chi connectivity index (χ3v) is 5.29. The molecule has 0 saturated carbocycles. The van der Waals surface area contributed by atoms with Crippen molar-refractivity contribution in [2.75, 3.05) is 5.32 Å². The van der Waals surface area contributed by atoms with E-state index in [-0.39, 0.29) is 14.5 Å². The fourth-order valence-electron chi connectivity index (χ4n) is 1.07. The quantitative estimate of drug-likeness (QED) is 0.430. The molecule has 6 nitrogen and oxygen atoms in total. The summed E-state index contributed by atoms with van der Waals surface area (Å²) in [5.41, 5.74) is 0.0899. The first-order valence-corrected chi connectivity index (χ1v) is 8.26. The first kappa shape index (κ1) is 13.3. The van der Waals surface area contributed by atoms with Crippen LogP contribution in [0, 0.1) is 0 Å². The minimum absolute atomic E-state index is 0.0899. The number of anilines is 1. The average Bonchev–Trinajstić information content (AvgIpc) is 2.10. The van der Waals surface area contributed by atoms with Gasteiger partial charge in [-0.3, -0.25) is 0 Å². The van der Waals surface area contributed by atoms with E-state index in [0.717, 1.165) is 6.07 Å². The summed E-state index contributed by atoms with van der Waals surface area (Å²) < 4.78 is 28.7. The van der Waals surface area contributed by atoms with E-state index in [9.17, 15) is 13.6 Å². The monoisotopic (exact) mass is 353 g/mol. The molecule has 4 N–H and O–H groups in total. The van der Waals surface area contributed by atoms with Gasteiger partial charge in [0.05, 0.1) is 0 Å². The SMILES string of the molecule is CC(=O)Nc1ccc([As](=O)(O)O)c(Br)c1O. The zero-order valence-electron chi connectivity index (χ0n) is 8.14. The van der Waals surface area contributed by atoms with Gasteiger partial charge in [-0.05, 0) is 0 Å². The van der Waals surface area contributed by atoms with Crippen molar-refractivity contribution >= 4 is 46.0 Å². The molecule has 0 bridgehead atoms. The number of rotatable bonds is 2. The van der Waals surface area contributed by atoms with Gasteiger partial charge in [-0.2, -0.15) is 0 Å². The summed E-state index contributed by atoms with van der Waals surface area (Å²) in [6.45, 7) is 1.26. The molecule has 1 amide bonds. The summed E-state index contributed by atoms with van der Waals surface area (Å²) in [5.74, 6) is -0.797. The number of phenolic OH excluding ortho intramolecular Hbond substituents is 1. The van der Waals surface area contributed by atoms with Crippen LogP contribution < -0.4 is 9.67 Å². The summed E-state index contributed by atoms with van der Waals surface area (Å²) in [5, 5.41) is 11.9. The van der Waals surface area contributed by atoms with Crippen molar-refractivity contribution in [2.45, 2.75) is 6.92 Å². The molecule has 1 rings (SSSR count). The van der Waals surface area contributed by atoms with Crippen molar-refractivity contribution in [2.24, 2.45) is 0 Å². The van der Waals surface area contributed by atoms with Gasteiger partial charge in [-0.15, -0.1) is 0 Å². The van der Waals surface area contributed by atoms with Gasteiger partial charge < -0.3 is 0 Å². The molecule has 16 heavy (non-hydrogen) atoms. The van der Waals surface area contributed by atoms with Crippen LogP contribution in [0.3, 0.4) is 0 Å². The summed E-state index contributed by atoms with van der Waals surface area (Å²) in [7, 11) is 0. The van der Waals surface area contributed by atoms with E-state index in [1.807, 2.05) is 0 Å². The van der Waals surface area contributed by atoms with Crippen LogP contribution in [0.2, 0.25) is 0 Å². The number of carbonyl (C=O) groups is 1. The Bertz CT molecular complexity index is 484. The number of carbonyl (C=O) groups excluding carboxylic acids is 1. The molecule has 0 heterocycles. The molecular formula is C8H9AsBrNO5. The minimum atomic E-state index is -5.08. The number of amides is 1. The van der Waals surface area contributed by atoms with Crippen LogP contribution in [0.15, 0.2) is 16.6 Å². The zero-order valence-corrected chi connectivity index (χ0v) is 11.6. The predicted octanol–water partition coefficient (Wildman–Crippen LogP) is -0.326. The van der Waals surface area contributed by atoms with Crippen LogP contribution in [-0.2, 0) is 8.53 Å². The molecule has 1 aromatic rings. The second kappa shape index (κ2) is 4.63. The van der Waals surface area contributed by atoms with E-state index in [1.54, 1.807) is 0 Å². The van der Waals surface area contributed by atoms with Crippen molar-refractivity contribution in [3.8, 4) is 5.75 Å². The molecule has 0 spiro atoms. The molecule has 0 radical (unpaired) electrons. The summed E-state index contributed by atoms with van der Waals surface area (Å²) in [6, 6.07) is 2.40. The fourth-order valence-corrected chi connectivity index (χ4v) is 3.94. The Labute approximate surface area is 102 Å². The second-order valence-electron chi connectivity index (χ2n) is 3.02. The van der Waals surface area contributed by atoms with Gasteiger partial charge in [0.2, 0.25) is 0 Å². The van der Waals surface area contributed by atoms with Gasteiger partial charge in [0.1, 0.15) is 0 Å². The molecule has 88 valence electrons. The molecule has 0 unspecified atom stereocenters.